The van der Waals surface area contributed by atoms with Crippen LogP contribution in [0, 0.1) is 13.8 Å². The largest absolute Gasteiger partial charge is 0.356 e. The van der Waals surface area contributed by atoms with Gasteiger partial charge in [-0.15, -0.1) is 0 Å². The number of hydrogen-bond donors (Lipinski definition) is 1. The molecule has 0 saturated carbocycles. The van der Waals surface area contributed by atoms with Crippen molar-refractivity contribution in [1.29, 1.82) is 0 Å². The van der Waals surface area contributed by atoms with Gasteiger partial charge in [0, 0.05) is 25.0 Å². The minimum Gasteiger partial charge on any atom is -0.356 e. The lowest BCUT2D eigenvalue weighted by Gasteiger charge is -2.29. The summed E-state index contributed by atoms with van der Waals surface area (Å²) in [7, 11) is 0. The summed E-state index contributed by atoms with van der Waals surface area (Å²) in [6.45, 7) is 6.02. The molecule has 1 saturated heterocycles. The zero-order valence-electron chi connectivity index (χ0n) is 13.8. The fourth-order valence-electron chi connectivity index (χ4n) is 3.01. The summed E-state index contributed by atoms with van der Waals surface area (Å²) in [5.41, 5.74) is 3.79. The van der Waals surface area contributed by atoms with Crippen molar-refractivity contribution in [3.8, 4) is 0 Å². The summed E-state index contributed by atoms with van der Waals surface area (Å²) in [6.07, 6.45) is 5.34. The molecule has 1 aliphatic rings. The summed E-state index contributed by atoms with van der Waals surface area (Å²) in [4.78, 5) is 19.5. The second-order valence-corrected chi connectivity index (χ2v) is 6.12. The Morgan fingerprint density at radius 3 is 2.65 bits per heavy atom. The molecule has 4 nitrogen and oxygen atoms in total. The number of carbonyl (C=O) groups is 1. The summed E-state index contributed by atoms with van der Waals surface area (Å²) >= 11 is 0. The van der Waals surface area contributed by atoms with Crippen molar-refractivity contribution in [3.63, 3.8) is 0 Å². The number of anilines is 2. The minimum atomic E-state index is -0.0904. The Morgan fingerprint density at radius 1 is 1.09 bits per heavy atom. The first-order chi connectivity index (χ1) is 11.2. The fraction of sp³-hybridized carbons (Fsp3) is 0.368. The average molecular weight is 309 g/mol. The van der Waals surface area contributed by atoms with Crippen LogP contribution < -0.4 is 10.2 Å². The Balaban J connectivity index is 1.86. The maximum absolute atomic E-state index is 12.8. The van der Waals surface area contributed by atoms with Crippen LogP contribution in [0.25, 0.3) is 0 Å². The van der Waals surface area contributed by atoms with Crippen LogP contribution in [0.15, 0.2) is 36.5 Å². The molecule has 1 fully saturated rings. The van der Waals surface area contributed by atoms with Gasteiger partial charge in [0.2, 0.25) is 0 Å². The number of rotatable bonds is 3. The molecule has 1 aliphatic heterocycles. The van der Waals surface area contributed by atoms with Gasteiger partial charge in [-0.3, -0.25) is 4.79 Å². The SMILES string of the molecule is Cc1cccc(NC(=O)c2cccnc2N2CCCCC2)c1C. The van der Waals surface area contributed by atoms with Crippen LogP contribution >= 0.6 is 0 Å². The predicted octanol–water partition coefficient (Wildman–Crippen LogP) is 3.94. The maximum Gasteiger partial charge on any atom is 0.259 e. The third kappa shape index (κ3) is 3.36. The van der Waals surface area contributed by atoms with Gasteiger partial charge in [-0.05, 0) is 62.4 Å². The number of benzene rings is 1. The molecule has 1 N–H and O–H groups in total. The Morgan fingerprint density at radius 2 is 1.87 bits per heavy atom. The molecule has 0 unspecified atom stereocenters. The first-order valence-electron chi connectivity index (χ1n) is 8.24. The van der Waals surface area contributed by atoms with Crippen LogP contribution in [-0.4, -0.2) is 24.0 Å². The first kappa shape index (κ1) is 15.5. The van der Waals surface area contributed by atoms with Crippen molar-refractivity contribution in [1.82, 2.24) is 4.98 Å². The lowest BCUT2D eigenvalue weighted by Crippen LogP contribution is -2.32. The zero-order valence-corrected chi connectivity index (χ0v) is 13.8. The standard InChI is InChI=1S/C19H23N3O/c1-14-8-6-10-17(15(14)2)21-19(23)16-9-7-11-20-18(16)22-12-4-3-5-13-22/h6-11H,3-5,12-13H2,1-2H3,(H,21,23). The molecule has 3 rings (SSSR count). The highest BCUT2D eigenvalue weighted by Gasteiger charge is 2.20. The van der Waals surface area contributed by atoms with Gasteiger partial charge < -0.3 is 10.2 Å². The van der Waals surface area contributed by atoms with Crippen LogP contribution in [0.4, 0.5) is 11.5 Å². The second-order valence-electron chi connectivity index (χ2n) is 6.12. The number of nitrogens with one attached hydrogen (secondary N) is 1. The van der Waals surface area contributed by atoms with Crippen molar-refractivity contribution < 1.29 is 4.79 Å². The predicted molar refractivity (Wildman–Crippen MR) is 94.2 cm³/mol. The van der Waals surface area contributed by atoms with Crippen LogP contribution in [-0.2, 0) is 0 Å². The summed E-state index contributed by atoms with van der Waals surface area (Å²) < 4.78 is 0. The quantitative estimate of drug-likeness (QED) is 0.934. The second kappa shape index (κ2) is 6.82. The van der Waals surface area contributed by atoms with Gasteiger partial charge in [0.25, 0.3) is 5.91 Å². The highest BCUT2D eigenvalue weighted by Crippen LogP contribution is 2.24. The lowest BCUT2D eigenvalue weighted by molar-refractivity contribution is 0.102. The van der Waals surface area contributed by atoms with Crippen molar-refractivity contribution >= 4 is 17.4 Å². The normalized spacial score (nSPS) is 14.6. The molecule has 1 amide bonds. The number of carbonyl (C=O) groups excluding carboxylic acids is 1. The van der Waals surface area contributed by atoms with E-state index in [0.717, 1.165) is 43.0 Å². The smallest absolute Gasteiger partial charge is 0.259 e. The van der Waals surface area contributed by atoms with E-state index in [1.807, 2.05) is 44.2 Å². The van der Waals surface area contributed by atoms with E-state index >= 15 is 0 Å². The Kier molecular flexibility index (Phi) is 4.60. The van der Waals surface area contributed by atoms with Crippen LogP contribution in [0.3, 0.4) is 0 Å². The van der Waals surface area contributed by atoms with Crippen LogP contribution in [0.5, 0.6) is 0 Å². The average Bonchev–Trinajstić information content (AvgIpc) is 2.60. The third-order valence-electron chi connectivity index (χ3n) is 4.54. The highest BCUT2D eigenvalue weighted by atomic mass is 16.1. The number of aromatic nitrogens is 1. The van der Waals surface area contributed by atoms with Crippen LogP contribution in [0.1, 0.15) is 40.7 Å². The number of hydrogen-bond acceptors (Lipinski definition) is 3. The van der Waals surface area contributed by atoms with Crippen molar-refractivity contribution in [2.75, 3.05) is 23.3 Å². The number of nitrogens with zero attached hydrogens (tertiary/aromatic N) is 2. The van der Waals surface area contributed by atoms with E-state index in [1.165, 1.54) is 12.0 Å². The van der Waals surface area contributed by atoms with Crippen molar-refractivity contribution in [2.24, 2.45) is 0 Å². The van der Waals surface area contributed by atoms with Crippen molar-refractivity contribution in [2.45, 2.75) is 33.1 Å². The minimum absolute atomic E-state index is 0.0904. The molecule has 2 aromatic rings. The molecule has 23 heavy (non-hydrogen) atoms. The molecular weight excluding hydrogens is 286 g/mol. The molecule has 1 aromatic carbocycles. The van der Waals surface area contributed by atoms with Gasteiger partial charge in [0.1, 0.15) is 5.82 Å². The summed E-state index contributed by atoms with van der Waals surface area (Å²) in [6, 6.07) is 9.64. The number of pyridine rings is 1. The molecule has 2 heterocycles. The fourth-order valence-corrected chi connectivity index (χ4v) is 3.01. The monoisotopic (exact) mass is 309 g/mol. The van der Waals surface area contributed by atoms with Gasteiger partial charge >= 0.3 is 0 Å². The molecule has 0 aliphatic carbocycles. The van der Waals surface area contributed by atoms with Gasteiger partial charge in [0.15, 0.2) is 0 Å². The molecule has 120 valence electrons. The zero-order chi connectivity index (χ0) is 16.2. The van der Waals surface area contributed by atoms with Gasteiger partial charge in [-0.25, -0.2) is 4.98 Å². The summed E-state index contributed by atoms with van der Waals surface area (Å²) in [5.74, 6) is 0.711. The number of aryl methyl sites for hydroxylation is 1. The molecule has 0 atom stereocenters. The van der Waals surface area contributed by atoms with E-state index in [0.29, 0.717) is 5.56 Å². The highest BCUT2D eigenvalue weighted by molar-refractivity contribution is 6.07. The van der Waals surface area contributed by atoms with Gasteiger partial charge in [-0.1, -0.05) is 12.1 Å². The number of piperidine rings is 1. The Labute approximate surface area is 137 Å². The molecule has 1 aromatic heterocycles. The van der Waals surface area contributed by atoms with E-state index < -0.39 is 0 Å². The molecule has 0 bridgehead atoms. The Bertz CT molecular complexity index is 706. The van der Waals surface area contributed by atoms with E-state index in [1.54, 1.807) is 6.20 Å². The summed E-state index contributed by atoms with van der Waals surface area (Å²) in [5, 5.41) is 3.04. The maximum atomic E-state index is 12.8. The first-order valence-corrected chi connectivity index (χ1v) is 8.24. The van der Waals surface area contributed by atoms with E-state index in [2.05, 4.69) is 15.2 Å². The third-order valence-corrected chi connectivity index (χ3v) is 4.54. The van der Waals surface area contributed by atoms with Gasteiger partial charge in [0.05, 0.1) is 5.56 Å². The lowest BCUT2D eigenvalue weighted by atomic mass is 10.1. The van der Waals surface area contributed by atoms with Crippen molar-refractivity contribution in [3.05, 3.63) is 53.2 Å². The molecular formula is C19H23N3O. The molecule has 4 heteroatoms. The molecule has 0 radical (unpaired) electrons. The number of amides is 1. The topological polar surface area (TPSA) is 45.2 Å². The van der Waals surface area contributed by atoms with E-state index in [9.17, 15) is 4.79 Å². The molecule has 0 spiro atoms. The van der Waals surface area contributed by atoms with E-state index in [-0.39, 0.29) is 5.91 Å². The Hall–Kier alpha value is -2.36. The van der Waals surface area contributed by atoms with Gasteiger partial charge in [-0.2, -0.15) is 0 Å². The van der Waals surface area contributed by atoms with E-state index in [4.69, 9.17) is 0 Å². The van der Waals surface area contributed by atoms with Crippen LogP contribution in [0.2, 0.25) is 0 Å².